The van der Waals surface area contributed by atoms with Crippen molar-refractivity contribution in [1.82, 2.24) is 4.90 Å². The molecule has 0 spiro atoms. The Morgan fingerprint density at radius 1 is 0.962 bits per heavy atom. The van der Waals surface area contributed by atoms with Gasteiger partial charge < -0.3 is 21.3 Å². The van der Waals surface area contributed by atoms with Crippen molar-refractivity contribution in [3.8, 4) is 0 Å². The van der Waals surface area contributed by atoms with Crippen LogP contribution in [-0.2, 0) is 6.54 Å². The van der Waals surface area contributed by atoms with Gasteiger partial charge in [-0.2, -0.15) is 0 Å². The van der Waals surface area contributed by atoms with Crippen LogP contribution >= 0.6 is 11.6 Å². The summed E-state index contributed by atoms with van der Waals surface area (Å²) in [5.41, 5.74) is 14.0. The molecule has 1 fully saturated rings. The maximum absolute atomic E-state index is 11.1. The summed E-state index contributed by atoms with van der Waals surface area (Å²) in [5, 5.41) is 0.743. The zero-order valence-electron chi connectivity index (χ0n) is 14.4. The minimum absolute atomic E-state index is 0.432. The topological polar surface area (TPSA) is 87.9 Å². The van der Waals surface area contributed by atoms with E-state index in [1.165, 1.54) is 5.69 Å². The minimum atomic E-state index is -0.432. The van der Waals surface area contributed by atoms with E-state index in [1.807, 2.05) is 36.4 Å². The molecule has 3 rings (SSSR count). The van der Waals surface area contributed by atoms with Crippen molar-refractivity contribution < 1.29 is 4.79 Å². The van der Waals surface area contributed by atoms with E-state index in [-0.39, 0.29) is 0 Å². The maximum Gasteiger partial charge on any atom is 0.248 e. The van der Waals surface area contributed by atoms with Gasteiger partial charge in [0.05, 0.1) is 6.54 Å². The molecule has 2 aromatic carbocycles. The van der Waals surface area contributed by atoms with Gasteiger partial charge in [-0.25, -0.2) is 4.99 Å². The van der Waals surface area contributed by atoms with Crippen LogP contribution in [0, 0.1) is 0 Å². The fourth-order valence-electron chi connectivity index (χ4n) is 2.89. The molecule has 2 aromatic rings. The number of nitrogens with zero attached hydrogens (tertiary/aromatic N) is 3. The molecule has 7 heteroatoms. The Morgan fingerprint density at radius 3 is 2.15 bits per heavy atom. The van der Waals surface area contributed by atoms with Crippen LogP contribution < -0.4 is 16.4 Å². The van der Waals surface area contributed by atoms with Crippen molar-refractivity contribution in [2.24, 2.45) is 16.5 Å². The summed E-state index contributed by atoms with van der Waals surface area (Å²) in [5.74, 6) is 0.109. The van der Waals surface area contributed by atoms with Crippen LogP contribution in [0.5, 0.6) is 0 Å². The quantitative estimate of drug-likeness (QED) is 0.636. The Kier molecular flexibility index (Phi) is 5.63. The van der Waals surface area contributed by atoms with E-state index in [0.717, 1.165) is 36.8 Å². The summed E-state index contributed by atoms with van der Waals surface area (Å²) in [6.45, 7) is 3.87. The van der Waals surface area contributed by atoms with E-state index in [1.54, 1.807) is 12.1 Å². The molecule has 0 aliphatic carbocycles. The molecule has 0 aromatic heterocycles. The van der Waals surface area contributed by atoms with Crippen molar-refractivity contribution in [1.29, 1.82) is 0 Å². The average Bonchev–Trinajstić information content (AvgIpc) is 2.67. The summed E-state index contributed by atoms with van der Waals surface area (Å²) in [6, 6.07) is 15.0. The molecule has 26 heavy (non-hydrogen) atoms. The number of hydrogen-bond donors (Lipinski definition) is 2. The van der Waals surface area contributed by atoms with E-state index >= 15 is 0 Å². The summed E-state index contributed by atoms with van der Waals surface area (Å²) >= 11 is 5.94. The van der Waals surface area contributed by atoms with Gasteiger partial charge >= 0.3 is 0 Å². The SMILES string of the molecule is NC(=O)c1ccc(CN=C(N)N2CCN(c3ccc(Cl)cc3)CC2)cc1. The molecule has 1 saturated heterocycles. The number of nitrogens with two attached hydrogens (primary N) is 2. The number of carbonyl (C=O) groups excluding carboxylic acids is 1. The summed E-state index contributed by atoms with van der Waals surface area (Å²) in [7, 11) is 0. The second-order valence-corrected chi connectivity index (χ2v) is 6.62. The minimum Gasteiger partial charge on any atom is -0.370 e. The first-order chi connectivity index (χ1) is 12.5. The van der Waals surface area contributed by atoms with Crippen LogP contribution in [0.4, 0.5) is 5.69 Å². The molecule has 1 aliphatic heterocycles. The lowest BCUT2D eigenvalue weighted by molar-refractivity contribution is 0.100. The number of benzene rings is 2. The zero-order chi connectivity index (χ0) is 18.5. The van der Waals surface area contributed by atoms with Gasteiger partial charge in [0.1, 0.15) is 0 Å². The number of rotatable bonds is 4. The van der Waals surface area contributed by atoms with Gasteiger partial charge in [0.25, 0.3) is 0 Å². The number of amides is 1. The molecule has 136 valence electrons. The van der Waals surface area contributed by atoms with Crippen molar-refractivity contribution in [3.63, 3.8) is 0 Å². The van der Waals surface area contributed by atoms with Crippen molar-refractivity contribution in [3.05, 3.63) is 64.7 Å². The standard InChI is InChI=1S/C19H22ClN5O/c20-16-5-7-17(8-6-16)24-9-11-25(12-10-24)19(22)23-13-14-1-3-15(4-2-14)18(21)26/h1-8H,9-13H2,(H2,21,26)(H2,22,23). The molecular weight excluding hydrogens is 350 g/mol. The molecular formula is C19H22ClN5O. The van der Waals surface area contributed by atoms with Gasteiger partial charge in [-0.1, -0.05) is 23.7 Å². The van der Waals surface area contributed by atoms with Gasteiger partial charge in [-0.15, -0.1) is 0 Å². The number of anilines is 1. The van der Waals surface area contributed by atoms with Crippen molar-refractivity contribution in [2.45, 2.75) is 6.54 Å². The molecule has 6 nitrogen and oxygen atoms in total. The average molecular weight is 372 g/mol. The molecule has 0 saturated carbocycles. The fraction of sp³-hybridized carbons (Fsp3) is 0.263. The normalized spacial score (nSPS) is 15.2. The zero-order valence-corrected chi connectivity index (χ0v) is 15.2. The van der Waals surface area contributed by atoms with Crippen LogP contribution in [-0.4, -0.2) is 42.9 Å². The van der Waals surface area contributed by atoms with Crippen molar-refractivity contribution in [2.75, 3.05) is 31.1 Å². The predicted octanol–water partition coefficient (Wildman–Crippen LogP) is 2.08. The highest BCUT2D eigenvalue weighted by Crippen LogP contribution is 2.19. The lowest BCUT2D eigenvalue weighted by atomic mass is 10.1. The summed E-state index contributed by atoms with van der Waals surface area (Å²) < 4.78 is 0. The smallest absolute Gasteiger partial charge is 0.248 e. The van der Waals surface area contributed by atoms with Crippen LogP contribution in [0.2, 0.25) is 5.02 Å². The highest BCUT2D eigenvalue weighted by molar-refractivity contribution is 6.30. The molecule has 0 unspecified atom stereocenters. The monoisotopic (exact) mass is 371 g/mol. The first-order valence-electron chi connectivity index (χ1n) is 8.47. The number of carbonyl (C=O) groups is 1. The first-order valence-corrected chi connectivity index (χ1v) is 8.85. The molecule has 0 atom stereocenters. The second kappa shape index (κ2) is 8.10. The highest BCUT2D eigenvalue weighted by Gasteiger charge is 2.18. The summed E-state index contributed by atoms with van der Waals surface area (Å²) in [6.07, 6.45) is 0. The van der Waals surface area contributed by atoms with Gasteiger partial charge in [-0.3, -0.25) is 4.79 Å². The van der Waals surface area contributed by atoms with E-state index in [0.29, 0.717) is 18.1 Å². The number of hydrogen-bond acceptors (Lipinski definition) is 3. The second-order valence-electron chi connectivity index (χ2n) is 6.19. The predicted molar refractivity (Wildman–Crippen MR) is 106 cm³/mol. The van der Waals surface area contributed by atoms with Gasteiger partial charge in [-0.05, 0) is 42.0 Å². The number of halogens is 1. The highest BCUT2D eigenvalue weighted by atomic mass is 35.5. The largest absolute Gasteiger partial charge is 0.370 e. The Labute approximate surface area is 158 Å². The Bertz CT molecular complexity index is 781. The number of aliphatic imine (C=N–C) groups is 1. The molecule has 1 amide bonds. The number of piperazine rings is 1. The van der Waals surface area contributed by atoms with Crippen molar-refractivity contribution >= 4 is 29.2 Å². The molecule has 4 N–H and O–H groups in total. The third-order valence-corrected chi connectivity index (χ3v) is 4.71. The molecule has 1 heterocycles. The van der Waals surface area contributed by atoms with E-state index < -0.39 is 5.91 Å². The maximum atomic E-state index is 11.1. The van der Waals surface area contributed by atoms with E-state index in [2.05, 4.69) is 14.8 Å². The summed E-state index contributed by atoms with van der Waals surface area (Å²) in [4.78, 5) is 20.0. The van der Waals surface area contributed by atoms with Crippen LogP contribution in [0.3, 0.4) is 0 Å². The molecule has 0 radical (unpaired) electrons. The fourth-order valence-corrected chi connectivity index (χ4v) is 3.02. The van der Waals surface area contributed by atoms with E-state index in [4.69, 9.17) is 23.1 Å². The van der Waals surface area contributed by atoms with Crippen LogP contribution in [0.1, 0.15) is 15.9 Å². The Balaban J connectivity index is 1.54. The first kappa shape index (κ1) is 18.1. The van der Waals surface area contributed by atoms with Gasteiger partial charge in [0.2, 0.25) is 5.91 Å². The lowest BCUT2D eigenvalue weighted by Crippen LogP contribution is -2.51. The Hall–Kier alpha value is -2.73. The van der Waals surface area contributed by atoms with Crippen LogP contribution in [0.25, 0.3) is 0 Å². The van der Waals surface area contributed by atoms with Gasteiger partial charge in [0, 0.05) is 42.5 Å². The lowest BCUT2D eigenvalue weighted by Gasteiger charge is -2.36. The molecule has 1 aliphatic rings. The number of primary amides is 1. The number of guanidine groups is 1. The van der Waals surface area contributed by atoms with Crippen LogP contribution in [0.15, 0.2) is 53.5 Å². The van der Waals surface area contributed by atoms with E-state index in [9.17, 15) is 4.79 Å². The Morgan fingerprint density at radius 2 is 1.58 bits per heavy atom. The third kappa shape index (κ3) is 4.46. The van der Waals surface area contributed by atoms with Gasteiger partial charge in [0.15, 0.2) is 5.96 Å². The molecule has 0 bridgehead atoms. The third-order valence-electron chi connectivity index (χ3n) is 4.46.